The molecule has 152 valence electrons. The van der Waals surface area contributed by atoms with Crippen LogP contribution in [0.1, 0.15) is 25.1 Å². The number of benzene rings is 2. The smallest absolute Gasteiger partial charge is 0.320 e. The van der Waals surface area contributed by atoms with E-state index in [-0.39, 0.29) is 23.1 Å². The van der Waals surface area contributed by atoms with Crippen molar-refractivity contribution in [1.82, 2.24) is 19.5 Å². The molecule has 1 atom stereocenters. The molecule has 0 amide bonds. The van der Waals surface area contributed by atoms with E-state index in [1.807, 2.05) is 37.3 Å². The number of aromatic nitrogens is 4. The second-order valence-electron chi connectivity index (χ2n) is 6.68. The summed E-state index contributed by atoms with van der Waals surface area (Å²) in [5.41, 5.74) is 2.25. The van der Waals surface area contributed by atoms with Crippen molar-refractivity contribution < 1.29 is 13.2 Å². The van der Waals surface area contributed by atoms with Crippen molar-refractivity contribution in [3.63, 3.8) is 0 Å². The molecule has 8 heteroatoms. The van der Waals surface area contributed by atoms with Crippen molar-refractivity contribution >= 4 is 5.95 Å². The number of anilines is 1. The van der Waals surface area contributed by atoms with E-state index in [0.717, 1.165) is 16.5 Å². The topological polar surface area (TPSA) is 55.6 Å². The quantitative estimate of drug-likeness (QED) is 0.443. The Hall–Kier alpha value is -3.68. The lowest BCUT2D eigenvalue weighted by atomic mass is 10.1. The highest BCUT2D eigenvalue weighted by atomic mass is 19.3. The third-order valence-corrected chi connectivity index (χ3v) is 4.67. The molecule has 30 heavy (non-hydrogen) atoms. The standard InChI is InChI=1S/C22H18F3N5/c1-14(15-5-3-2-4-6-15)28-22-26-12-11-18(29-22)20-19(27-13-30(20)21(24)25)16-7-9-17(23)10-8-16/h2-14,21H,1H3,(H,26,28,29)/t14-/m0/s1. The number of alkyl halides is 2. The van der Waals surface area contributed by atoms with Crippen LogP contribution in [-0.4, -0.2) is 19.5 Å². The summed E-state index contributed by atoms with van der Waals surface area (Å²) in [4.78, 5) is 12.8. The average Bonchev–Trinajstić information content (AvgIpc) is 3.21. The minimum atomic E-state index is -2.81. The van der Waals surface area contributed by atoms with E-state index in [9.17, 15) is 13.2 Å². The Labute approximate surface area is 171 Å². The fourth-order valence-electron chi connectivity index (χ4n) is 3.16. The Morgan fingerprint density at radius 1 is 0.933 bits per heavy atom. The minimum Gasteiger partial charge on any atom is -0.348 e. The molecule has 0 fully saturated rings. The molecule has 0 spiro atoms. The van der Waals surface area contributed by atoms with Gasteiger partial charge in [-0.15, -0.1) is 0 Å². The molecule has 0 radical (unpaired) electrons. The van der Waals surface area contributed by atoms with Crippen LogP contribution in [-0.2, 0) is 0 Å². The van der Waals surface area contributed by atoms with Crippen LogP contribution in [0.4, 0.5) is 19.1 Å². The first-order valence-corrected chi connectivity index (χ1v) is 9.29. The predicted octanol–water partition coefficient (Wildman–Crippen LogP) is 5.71. The van der Waals surface area contributed by atoms with Gasteiger partial charge in [0.1, 0.15) is 12.1 Å². The zero-order chi connectivity index (χ0) is 21.1. The van der Waals surface area contributed by atoms with Crippen LogP contribution < -0.4 is 5.32 Å². The van der Waals surface area contributed by atoms with Crippen molar-refractivity contribution in [2.24, 2.45) is 0 Å². The molecule has 2 aromatic heterocycles. The van der Waals surface area contributed by atoms with Crippen molar-refractivity contribution in [1.29, 1.82) is 0 Å². The Balaban J connectivity index is 1.72. The Bertz CT molecular complexity index is 1130. The zero-order valence-electron chi connectivity index (χ0n) is 16.0. The highest BCUT2D eigenvalue weighted by Crippen LogP contribution is 2.33. The summed E-state index contributed by atoms with van der Waals surface area (Å²) < 4.78 is 41.3. The molecular formula is C22H18F3N5. The van der Waals surface area contributed by atoms with Gasteiger partial charge in [0.2, 0.25) is 5.95 Å². The highest BCUT2D eigenvalue weighted by Gasteiger charge is 2.21. The number of imidazole rings is 1. The van der Waals surface area contributed by atoms with E-state index in [1.165, 1.54) is 30.5 Å². The Morgan fingerprint density at radius 3 is 2.37 bits per heavy atom. The number of hydrogen-bond acceptors (Lipinski definition) is 4. The van der Waals surface area contributed by atoms with Crippen LogP contribution in [0.25, 0.3) is 22.6 Å². The van der Waals surface area contributed by atoms with Gasteiger partial charge in [-0.1, -0.05) is 30.3 Å². The normalized spacial score (nSPS) is 12.2. The maximum atomic E-state index is 13.6. The van der Waals surface area contributed by atoms with Gasteiger partial charge in [0, 0.05) is 11.8 Å². The monoisotopic (exact) mass is 409 g/mol. The summed E-state index contributed by atoms with van der Waals surface area (Å²) in [5.74, 6) is -0.118. The van der Waals surface area contributed by atoms with E-state index >= 15 is 0 Å². The second kappa shape index (κ2) is 8.36. The van der Waals surface area contributed by atoms with Gasteiger partial charge in [0.25, 0.3) is 0 Å². The molecule has 5 nitrogen and oxygen atoms in total. The van der Waals surface area contributed by atoms with Gasteiger partial charge < -0.3 is 5.32 Å². The zero-order valence-corrected chi connectivity index (χ0v) is 16.0. The molecule has 2 aromatic carbocycles. The van der Waals surface area contributed by atoms with Gasteiger partial charge in [0.05, 0.1) is 23.1 Å². The SMILES string of the molecule is C[C@H](Nc1nccc(-c2c(-c3ccc(F)cc3)ncn2C(F)F)n1)c1ccccc1. The summed E-state index contributed by atoms with van der Waals surface area (Å²) >= 11 is 0. The van der Waals surface area contributed by atoms with E-state index in [2.05, 4.69) is 20.3 Å². The molecule has 0 unspecified atom stereocenters. The van der Waals surface area contributed by atoms with E-state index in [1.54, 1.807) is 6.07 Å². The van der Waals surface area contributed by atoms with Crippen molar-refractivity contribution in [3.05, 3.63) is 84.6 Å². The van der Waals surface area contributed by atoms with Gasteiger partial charge in [0.15, 0.2) is 0 Å². The summed E-state index contributed by atoms with van der Waals surface area (Å²) in [6, 6.07) is 16.7. The van der Waals surface area contributed by atoms with Gasteiger partial charge >= 0.3 is 6.55 Å². The third kappa shape index (κ3) is 4.03. The molecular weight excluding hydrogens is 391 g/mol. The van der Waals surface area contributed by atoms with Gasteiger partial charge in [-0.3, -0.25) is 4.57 Å². The van der Waals surface area contributed by atoms with Crippen molar-refractivity contribution in [2.75, 3.05) is 5.32 Å². The Morgan fingerprint density at radius 2 is 1.67 bits per heavy atom. The van der Waals surface area contributed by atoms with Gasteiger partial charge in [-0.05, 0) is 42.8 Å². The van der Waals surface area contributed by atoms with Crippen LogP contribution in [0.3, 0.4) is 0 Å². The summed E-state index contributed by atoms with van der Waals surface area (Å²) in [7, 11) is 0. The lowest BCUT2D eigenvalue weighted by Crippen LogP contribution is -2.10. The fraction of sp³-hybridized carbons (Fsp3) is 0.136. The number of nitrogens with zero attached hydrogens (tertiary/aromatic N) is 4. The lowest BCUT2D eigenvalue weighted by molar-refractivity contribution is 0.0718. The average molecular weight is 409 g/mol. The fourth-order valence-corrected chi connectivity index (χ4v) is 3.16. The minimum absolute atomic E-state index is 0.0852. The van der Waals surface area contributed by atoms with Gasteiger partial charge in [-0.25, -0.2) is 19.3 Å². The second-order valence-corrected chi connectivity index (χ2v) is 6.68. The van der Waals surface area contributed by atoms with Crippen molar-refractivity contribution in [3.8, 4) is 22.6 Å². The molecule has 2 heterocycles. The first-order chi connectivity index (χ1) is 14.5. The molecule has 0 saturated heterocycles. The summed E-state index contributed by atoms with van der Waals surface area (Å²) in [6.45, 7) is -0.852. The number of hydrogen-bond donors (Lipinski definition) is 1. The van der Waals surface area contributed by atoms with E-state index in [4.69, 9.17) is 0 Å². The van der Waals surface area contributed by atoms with Crippen LogP contribution in [0, 0.1) is 5.82 Å². The van der Waals surface area contributed by atoms with Crippen LogP contribution in [0.5, 0.6) is 0 Å². The molecule has 0 bridgehead atoms. The first-order valence-electron chi connectivity index (χ1n) is 9.29. The van der Waals surface area contributed by atoms with Crippen LogP contribution in [0.2, 0.25) is 0 Å². The van der Waals surface area contributed by atoms with Gasteiger partial charge in [-0.2, -0.15) is 8.78 Å². The lowest BCUT2D eigenvalue weighted by Gasteiger charge is -2.15. The summed E-state index contributed by atoms with van der Waals surface area (Å²) in [6.07, 6.45) is 2.56. The highest BCUT2D eigenvalue weighted by molar-refractivity contribution is 5.77. The molecule has 1 N–H and O–H groups in total. The van der Waals surface area contributed by atoms with Crippen LogP contribution in [0.15, 0.2) is 73.2 Å². The number of halogens is 3. The van der Waals surface area contributed by atoms with Crippen molar-refractivity contribution in [2.45, 2.75) is 19.5 Å². The molecule has 4 aromatic rings. The molecule has 0 saturated carbocycles. The van der Waals surface area contributed by atoms with E-state index < -0.39 is 12.4 Å². The molecule has 0 aliphatic carbocycles. The molecule has 0 aliphatic rings. The maximum absolute atomic E-state index is 13.6. The number of rotatable bonds is 6. The largest absolute Gasteiger partial charge is 0.348 e. The molecule has 0 aliphatic heterocycles. The Kier molecular flexibility index (Phi) is 5.47. The first kappa shape index (κ1) is 19.6. The summed E-state index contributed by atoms with van der Waals surface area (Å²) in [5, 5.41) is 3.19. The maximum Gasteiger partial charge on any atom is 0.320 e. The predicted molar refractivity (Wildman–Crippen MR) is 108 cm³/mol. The van der Waals surface area contributed by atoms with E-state index in [0.29, 0.717) is 11.5 Å². The van der Waals surface area contributed by atoms with Crippen LogP contribution >= 0.6 is 0 Å². The molecule has 4 rings (SSSR count). The number of nitrogens with one attached hydrogen (secondary N) is 1. The third-order valence-electron chi connectivity index (χ3n) is 4.67.